The van der Waals surface area contributed by atoms with Crippen LogP contribution in [0.2, 0.25) is 0 Å². The Hall–Kier alpha value is -2.99. The highest BCUT2D eigenvalue weighted by atomic mass is 16.5. The van der Waals surface area contributed by atoms with Crippen molar-refractivity contribution >= 4 is 16.9 Å². The predicted molar refractivity (Wildman–Crippen MR) is 135 cm³/mol. The summed E-state index contributed by atoms with van der Waals surface area (Å²) in [6.07, 6.45) is 3.30. The second-order valence-electron chi connectivity index (χ2n) is 8.99. The van der Waals surface area contributed by atoms with E-state index >= 15 is 0 Å². The van der Waals surface area contributed by atoms with Crippen molar-refractivity contribution in [2.75, 3.05) is 20.3 Å². The number of carboxylic acid groups (broad SMARTS) is 1. The van der Waals surface area contributed by atoms with Crippen molar-refractivity contribution in [2.45, 2.75) is 65.1 Å². The molecule has 1 aromatic heterocycles. The smallest absolute Gasteiger partial charge is 0.321 e. The highest BCUT2D eigenvalue weighted by molar-refractivity contribution is 5.88. The van der Waals surface area contributed by atoms with Crippen molar-refractivity contribution in [1.29, 1.82) is 0 Å². The van der Waals surface area contributed by atoms with Crippen molar-refractivity contribution in [3.05, 3.63) is 59.3 Å². The van der Waals surface area contributed by atoms with Gasteiger partial charge in [0.2, 0.25) is 0 Å². The third-order valence-corrected chi connectivity index (χ3v) is 6.69. The van der Waals surface area contributed by atoms with Crippen molar-refractivity contribution in [1.82, 2.24) is 9.47 Å². The molecule has 0 radical (unpaired) electrons. The maximum absolute atomic E-state index is 12.5. The molecule has 0 aliphatic carbocycles. The lowest BCUT2D eigenvalue weighted by Crippen LogP contribution is -2.49. The summed E-state index contributed by atoms with van der Waals surface area (Å²) in [7, 11) is 1.65. The van der Waals surface area contributed by atoms with Gasteiger partial charge >= 0.3 is 5.97 Å². The standard InChI is InChI=1S/C28H36N2O4/c1-5-14-29-22-11-9-8-10-20(22)21-18-23(28(31)32)30(15-6-2)26(27(21)29)19-12-13-24(34-16-7-3)25(17-19)33-4/h8-13,17,23,26H,5-7,14-16,18H2,1-4H3,(H,31,32)/t23-,26-/m0/s1. The van der Waals surface area contributed by atoms with Gasteiger partial charge in [-0.05, 0) is 55.1 Å². The molecule has 1 aliphatic heterocycles. The van der Waals surface area contributed by atoms with E-state index in [1.54, 1.807) is 7.11 Å². The quantitative estimate of drug-likeness (QED) is 0.419. The molecule has 2 heterocycles. The lowest BCUT2D eigenvalue weighted by Gasteiger charge is -2.41. The monoisotopic (exact) mass is 464 g/mol. The molecule has 3 aromatic rings. The molecule has 1 N–H and O–H groups in total. The number of aliphatic carboxylic acids is 1. The fourth-order valence-electron chi connectivity index (χ4n) is 5.34. The number of ether oxygens (including phenoxy) is 2. The van der Waals surface area contributed by atoms with Gasteiger partial charge in [0.15, 0.2) is 11.5 Å². The summed E-state index contributed by atoms with van der Waals surface area (Å²) in [4.78, 5) is 14.7. The summed E-state index contributed by atoms with van der Waals surface area (Å²) >= 11 is 0. The van der Waals surface area contributed by atoms with Crippen LogP contribution in [-0.2, 0) is 17.8 Å². The fraction of sp³-hybridized carbons (Fsp3) is 0.464. The van der Waals surface area contributed by atoms with E-state index in [2.05, 4.69) is 54.5 Å². The van der Waals surface area contributed by atoms with Crippen LogP contribution in [0.4, 0.5) is 0 Å². The Labute approximate surface area is 202 Å². The number of para-hydroxylation sites is 1. The van der Waals surface area contributed by atoms with Gasteiger partial charge in [0.25, 0.3) is 0 Å². The minimum absolute atomic E-state index is 0.183. The molecule has 2 aromatic carbocycles. The highest BCUT2D eigenvalue weighted by Crippen LogP contribution is 2.44. The van der Waals surface area contributed by atoms with Crippen molar-refractivity contribution in [2.24, 2.45) is 0 Å². The molecule has 0 fully saturated rings. The van der Waals surface area contributed by atoms with E-state index < -0.39 is 12.0 Å². The van der Waals surface area contributed by atoms with Gasteiger partial charge < -0.3 is 19.1 Å². The number of rotatable bonds is 10. The summed E-state index contributed by atoms with van der Waals surface area (Å²) in [6, 6.07) is 13.7. The molecule has 0 bridgehead atoms. The molecule has 0 spiro atoms. The van der Waals surface area contributed by atoms with Crippen LogP contribution >= 0.6 is 0 Å². The second-order valence-corrected chi connectivity index (χ2v) is 8.99. The van der Waals surface area contributed by atoms with Crippen LogP contribution < -0.4 is 9.47 Å². The maximum atomic E-state index is 12.5. The number of methoxy groups -OCH3 is 1. The van der Waals surface area contributed by atoms with Crippen molar-refractivity contribution in [3.8, 4) is 11.5 Å². The molecular weight excluding hydrogens is 428 g/mol. The zero-order valence-corrected chi connectivity index (χ0v) is 20.7. The molecule has 2 atom stereocenters. The van der Waals surface area contributed by atoms with E-state index in [1.165, 1.54) is 11.2 Å². The number of hydrogen-bond acceptors (Lipinski definition) is 4. The van der Waals surface area contributed by atoms with E-state index in [4.69, 9.17) is 9.47 Å². The third kappa shape index (κ3) is 4.27. The first kappa shape index (κ1) is 24.1. The normalized spacial score (nSPS) is 18.1. The molecule has 4 rings (SSSR count). The summed E-state index contributed by atoms with van der Waals surface area (Å²) in [5.74, 6) is 0.626. The Kier molecular flexibility index (Phi) is 7.47. The fourth-order valence-corrected chi connectivity index (χ4v) is 5.34. The zero-order valence-electron chi connectivity index (χ0n) is 20.7. The number of benzene rings is 2. The number of fused-ring (bicyclic) bond motifs is 3. The topological polar surface area (TPSA) is 63.9 Å². The molecule has 0 amide bonds. The Morgan fingerprint density at radius 2 is 1.79 bits per heavy atom. The van der Waals surface area contributed by atoms with E-state index in [0.717, 1.165) is 48.1 Å². The van der Waals surface area contributed by atoms with Crippen LogP contribution in [0.1, 0.15) is 62.9 Å². The number of aryl methyl sites for hydroxylation is 1. The van der Waals surface area contributed by atoms with Crippen LogP contribution in [0, 0.1) is 0 Å². The van der Waals surface area contributed by atoms with Gasteiger partial charge in [0.05, 0.1) is 19.8 Å². The molecule has 0 unspecified atom stereocenters. The number of nitrogens with zero attached hydrogens (tertiary/aromatic N) is 2. The first-order valence-electron chi connectivity index (χ1n) is 12.4. The van der Waals surface area contributed by atoms with Gasteiger partial charge in [0.1, 0.15) is 6.04 Å². The molecule has 6 heteroatoms. The van der Waals surface area contributed by atoms with E-state index in [9.17, 15) is 9.90 Å². The summed E-state index contributed by atoms with van der Waals surface area (Å²) < 4.78 is 14.0. The van der Waals surface area contributed by atoms with Crippen LogP contribution in [0.5, 0.6) is 11.5 Å². The highest BCUT2D eigenvalue weighted by Gasteiger charge is 2.42. The average Bonchev–Trinajstić information content (AvgIpc) is 3.16. The lowest BCUT2D eigenvalue weighted by atomic mass is 9.87. The third-order valence-electron chi connectivity index (χ3n) is 6.69. The van der Waals surface area contributed by atoms with Crippen molar-refractivity contribution in [3.63, 3.8) is 0 Å². The van der Waals surface area contributed by atoms with Gasteiger partial charge in [-0.2, -0.15) is 0 Å². The second kappa shape index (κ2) is 10.5. The van der Waals surface area contributed by atoms with Gasteiger partial charge in [-0.15, -0.1) is 0 Å². The summed E-state index contributed by atoms with van der Waals surface area (Å²) in [5, 5.41) is 11.4. The molecule has 0 saturated carbocycles. The molecule has 182 valence electrons. The lowest BCUT2D eigenvalue weighted by molar-refractivity contribution is -0.144. The van der Waals surface area contributed by atoms with E-state index in [1.807, 2.05) is 18.2 Å². The largest absolute Gasteiger partial charge is 0.493 e. The molecule has 1 aliphatic rings. The summed E-state index contributed by atoms with van der Waals surface area (Å²) in [6.45, 7) is 8.58. The van der Waals surface area contributed by atoms with E-state index in [0.29, 0.717) is 25.3 Å². The Morgan fingerprint density at radius 1 is 1.03 bits per heavy atom. The average molecular weight is 465 g/mol. The molecular formula is C28H36N2O4. The minimum atomic E-state index is -0.772. The summed E-state index contributed by atoms with van der Waals surface area (Å²) in [5.41, 5.74) is 4.57. The first-order valence-corrected chi connectivity index (χ1v) is 12.4. The minimum Gasteiger partial charge on any atom is -0.493 e. The number of hydrogen-bond donors (Lipinski definition) is 1. The van der Waals surface area contributed by atoms with Crippen LogP contribution in [0.3, 0.4) is 0 Å². The van der Waals surface area contributed by atoms with Crippen LogP contribution in [-0.4, -0.2) is 46.8 Å². The van der Waals surface area contributed by atoms with Gasteiger partial charge in [0, 0.05) is 29.6 Å². The van der Waals surface area contributed by atoms with Gasteiger partial charge in [-0.1, -0.05) is 45.0 Å². The molecule has 34 heavy (non-hydrogen) atoms. The SMILES string of the molecule is CCCOc1ccc([C@H]2c3c(c4ccccc4n3CCC)C[C@@H](C(=O)O)N2CCC)cc1OC. The Morgan fingerprint density at radius 3 is 2.47 bits per heavy atom. The Balaban J connectivity index is 1.96. The van der Waals surface area contributed by atoms with Gasteiger partial charge in [-0.25, -0.2) is 0 Å². The number of carboxylic acids is 1. The maximum Gasteiger partial charge on any atom is 0.321 e. The first-order chi connectivity index (χ1) is 16.5. The zero-order chi connectivity index (χ0) is 24.2. The number of aromatic nitrogens is 1. The number of carbonyl (C=O) groups is 1. The molecule has 6 nitrogen and oxygen atoms in total. The Bertz CT molecular complexity index is 1150. The van der Waals surface area contributed by atoms with Crippen molar-refractivity contribution < 1.29 is 19.4 Å². The van der Waals surface area contributed by atoms with Crippen LogP contribution in [0.15, 0.2) is 42.5 Å². The van der Waals surface area contributed by atoms with Crippen LogP contribution in [0.25, 0.3) is 10.9 Å². The van der Waals surface area contributed by atoms with E-state index in [-0.39, 0.29) is 6.04 Å². The molecule has 0 saturated heterocycles. The van der Waals surface area contributed by atoms with Gasteiger partial charge in [-0.3, -0.25) is 9.69 Å². The predicted octanol–water partition coefficient (Wildman–Crippen LogP) is 5.66.